The largest absolute Gasteiger partial charge is 0.477 e. The number of nitro benzene ring substituents is 3. The van der Waals surface area contributed by atoms with Crippen LogP contribution in [0.1, 0.15) is 21.5 Å². The van der Waals surface area contributed by atoms with E-state index in [9.17, 15) is 35.1 Å². The maximum absolute atomic E-state index is 11.1. The normalized spacial score (nSPS) is 9.62. The summed E-state index contributed by atoms with van der Waals surface area (Å²) < 4.78 is 0. The van der Waals surface area contributed by atoms with Crippen molar-refractivity contribution in [3.63, 3.8) is 0 Å². The molecule has 21 heavy (non-hydrogen) atoms. The Morgan fingerprint density at radius 3 is 1.33 bits per heavy atom. The topological polar surface area (TPSA) is 198 Å². The fourth-order valence-electron chi connectivity index (χ4n) is 1.93. The lowest BCUT2D eigenvalue weighted by atomic mass is 9.98. The van der Waals surface area contributed by atoms with E-state index in [2.05, 4.69) is 0 Å². The summed E-state index contributed by atoms with van der Waals surface area (Å²) in [6.45, 7) is 1.94. The predicted molar refractivity (Wildman–Crippen MR) is 66.5 cm³/mol. The lowest BCUT2D eigenvalue weighted by Gasteiger charge is -2.07. The second kappa shape index (κ2) is 5.87. The Kier molecular flexibility index (Phi) is 4.99. The standard InChI is InChI=1S/C9H7N3O8.H2O/c1-3-6(10(15)16)4(2)8(12(19)20)5(9(13)14)7(3)11(17)18;/h1-2H3,(H,13,14);1H2. The van der Waals surface area contributed by atoms with Crippen LogP contribution < -0.4 is 0 Å². The molecule has 0 unspecified atom stereocenters. The summed E-state index contributed by atoms with van der Waals surface area (Å²) in [6.07, 6.45) is 0. The summed E-state index contributed by atoms with van der Waals surface area (Å²) in [4.78, 5) is 40.4. The highest BCUT2D eigenvalue weighted by molar-refractivity contribution is 5.99. The zero-order valence-corrected chi connectivity index (χ0v) is 10.6. The smallest absolute Gasteiger partial charge is 0.349 e. The van der Waals surface area contributed by atoms with Gasteiger partial charge in [0.25, 0.3) is 5.69 Å². The van der Waals surface area contributed by atoms with E-state index in [1.165, 1.54) is 0 Å². The van der Waals surface area contributed by atoms with Crippen molar-refractivity contribution < 1.29 is 30.1 Å². The Morgan fingerprint density at radius 1 is 0.857 bits per heavy atom. The first-order chi connectivity index (χ1) is 9.11. The van der Waals surface area contributed by atoms with Crippen molar-refractivity contribution in [2.45, 2.75) is 13.8 Å². The second-order valence-electron chi connectivity index (χ2n) is 3.75. The molecule has 1 aromatic rings. The van der Waals surface area contributed by atoms with Crippen LogP contribution >= 0.6 is 0 Å². The Bertz CT molecular complexity index is 626. The third kappa shape index (κ3) is 2.74. The molecule has 0 bridgehead atoms. The molecule has 114 valence electrons. The number of nitrogens with zero attached hydrogens (tertiary/aromatic N) is 3. The number of rotatable bonds is 4. The lowest BCUT2D eigenvalue weighted by Crippen LogP contribution is -2.12. The molecule has 0 saturated carbocycles. The third-order valence-electron chi connectivity index (χ3n) is 2.66. The first-order valence-electron chi connectivity index (χ1n) is 4.94. The summed E-state index contributed by atoms with van der Waals surface area (Å²) in [5, 5.41) is 41.6. The van der Waals surface area contributed by atoms with Gasteiger partial charge >= 0.3 is 17.3 Å². The van der Waals surface area contributed by atoms with Crippen molar-refractivity contribution in [1.82, 2.24) is 0 Å². The zero-order chi connectivity index (χ0) is 15.8. The van der Waals surface area contributed by atoms with Gasteiger partial charge in [-0.1, -0.05) is 0 Å². The Morgan fingerprint density at radius 2 is 1.14 bits per heavy atom. The molecule has 1 aromatic carbocycles. The van der Waals surface area contributed by atoms with Gasteiger partial charge in [-0.3, -0.25) is 30.3 Å². The van der Waals surface area contributed by atoms with E-state index in [4.69, 9.17) is 5.11 Å². The van der Waals surface area contributed by atoms with Crippen LogP contribution in [0, 0.1) is 44.2 Å². The van der Waals surface area contributed by atoms with E-state index >= 15 is 0 Å². The van der Waals surface area contributed by atoms with E-state index in [-0.39, 0.29) is 5.48 Å². The van der Waals surface area contributed by atoms with E-state index in [1.54, 1.807) is 0 Å². The number of aromatic carboxylic acids is 1. The highest BCUT2D eigenvalue weighted by atomic mass is 16.6. The van der Waals surface area contributed by atoms with Gasteiger partial charge in [0.15, 0.2) is 0 Å². The number of carbonyl (C=O) groups is 1. The van der Waals surface area contributed by atoms with Crippen molar-refractivity contribution in [2.24, 2.45) is 0 Å². The van der Waals surface area contributed by atoms with Gasteiger partial charge in [-0.25, -0.2) is 4.79 Å². The van der Waals surface area contributed by atoms with E-state index in [1.807, 2.05) is 0 Å². The number of hydrogen-bond donors (Lipinski definition) is 1. The molecule has 0 atom stereocenters. The van der Waals surface area contributed by atoms with Crippen molar-refractivity contribution in [2.75, 3.05) is 0 Å². The van der Waals surface area contributed by atoms with Crippen LogP contribution in [-0.4, -0.2) is 31.3 Å². The van der Waals surface area contributed by atoms with Gasteiger partial charge in [0, 0.05) is 0 Å². The molecule has 0 heterocycles. The predicted octanol–water partition coefficient (Wildman–Crippen LogP) is 0.902. The average Bonchev–Trinajstić information content (AvgIpc) is 2.25. The Balaban J connectivity index is 0.00000400. The van der Waals surface area contributed by atoms with Crippen molar-refractivity contribution in [3.8, 4) is 0 Å². The van der Waals surface area contributed by atoms with Gasteiger partial charge < -0.3 is 10.6 Å². The number of carboxylic acids is 1. The maximum atomic E-state index is 11.1. The molecule has 3 N–H and O–H groups in total. The van der Waals surface area contributed by atoms with Crippen LogP contribution in [0.2, 0.25) is 0 Å². The lowest BCUT2D eigenvalue weighted by molar-refractivity contribution is -0.405. The summed E-state index contributed by atoms with van der Waals surface area (Å²) in [6, 6.07) is 0. The van der Waals surface area contributed by atoms with Gasteiger partial charge in [0.2, 0.25) is 5.56 Å². The van der Waals surface area contributed by atoms with Gasteiger partial charge in [-0.05, 0) is 13.8 Å². The van der Waals surface area contributed by atoms with Gasteiger partial charge in [-0.2, -0.15) is 0 Å². The first kappa shape index (κ1) is 17.9. The quantitative estimate of drug-likeness (QED) is 0.624. The molecular formula is C9H9N3O9. The fraction of sp³-hybridized carbons (Fsp3) is 0.222. The number of hydrogen-bond acceptors (Lipinski definition) is 7. The monoisotopic (exact) mass is 303 g/mol. The molecule has 1 rings (SSSR count). The number of carboxylic acid groups (broad SMARTS) is 1. The average molecular weight is 303 g/mol. The van der Waals surface area contributed by atoms with E-state index in [0.29, 0.717) is 0 Å². The van der Waals surface area contributed by atoms with Gasteiger partial charge in [-0.15, -0.1) is 0 Å². The summed E-state index contributed by atoms with van der Waals surface area (Å²) in [5.41, 5.74) is -5.39. The van der Waals surface area contributed by atoms with Crippen LogP contribution in [-0.2, 0) is 0 Å². The molecule has 12 heteroatoms. The Hall–Kier alpha value is -3.15. The first-order valence-corrected chi connectivity index (χ1v) is 4.94. The molecule has 0 saturated heterocycles. The van der Waals surface area contributed by atoms with Crippen LogP contribution in [0.15, 0.2) is 0 Å². The van der Waals surface area contributed by atoms with Crippen LogP contribution in [0.25, 0.3) is 0 Å². The van der Waals surface area contributed by atoms with Gasteiger partial charge in [0.1, 0.15) is 11.1 Å². The minimum absolute atomic E-state index is 0. The summed E-state index contributed by atoms with van der Waals surface area (Å²) >= 11 is 0. The molecule has 12 nitrogen and oxygen atoms in total. The molecule has 0 aliphatic heterocycles. The third-order valence-corrected chi connectivity index (χ3v) is 2.66. The number of benzene rings is 1. The minimum Gasteiger partial charge on any atom is -0.477 e. The zero-order valence-electron chi connectivity index (χ0n) is 10.6. The maximum Gasteiger partial charge on any atom is 0.349 e. The second-order valence-corrected chi connectivity index (χ2v) is 3.75. The summed E-state index contributed by atoms with van der Waals surface area (Å²) in [5.74, 6) is -1.90. The van der Waals surface area contributed by atoms with Crippen LogP contribution in [0.4, 0.5) is 17.1 Å². The highest BCUT2D eigenvalue weighted by Crippen LogP contribution is 2.41. The molecule has 0 fully saturated rings. The van der Waals surface area contributed by atoms with E-state index < -0.39 is 54.5 Å². The highest BCUT2D eigenvalue weighted by Gasteiger charge is 2.41. The summed E-state index contributed by atoms with van der Waals surface area (Å²) in [7, 11) is 0. The molecule has 0 aliphatic rings. The molecule has 0 aliphatic carbocycles. The SMILES string of the molecule is Cc1c([N+](=O)[O-])c(C)c([N+](=O)[O-])c(C(=O)O)c1[N+](=O)[O-].O. The van der Waals surface area contributed by atoms with Gasteiger partial charge in [0.05, 0.1) is 14.8 Å². The molecule has 0 radical (unpaired) electrons. The Labute approximate surface area is 115 Å². The van der Waals surface area contributed by atoms with Crippen molar-refractivity contribution in [3.05, 3.63) is 47.0 Å². The molecule has 0 amide bonds. The van der Waals surface area contributed by atoms with E-state index in [0.717, 1.165) is 13.8 Å². The van der Waals surface area contributed by atoms with Crippen molar-refractivity contribution >= 4 is 23.0 Å². The number of nitro groups is 3. The minimum atomic E-state index is -1.90. The van der Waals surface area contributed by atoms with Crippen LogP contribution in [0.5, 0.6) is 0 Å². The molecule has 0 aromatic heterocycles. The molecular weight excluding hydrogens is 294 g/mol. The molecule has 0 spiro atoms. The van der Waals surface area contributed by atoms with Crippen LogP contribution in [0.3, 0.4) is 0 Å². The van der Waals surface area contributed by atoms with Crippen molar-refractivity contribution in [1.29, 1.82) is 0 Å². The fourth-order valence-corrected chi connectivity index (χ4v) is 1.93.